The Morgan fingerprint density at radius 3 is 2.48 bits per heavy atom. The molecule has 6 heteroatoms. The fraction of sp³-hybridized carbons (Fsp3) is 0.474. The van der Waals surface area contributed by atoms with E-state index in [0.29, 0.717) is 5.02 Å². The molecule has 0 saturated carbocycles. The first-order chi connectivity index (χ1) is 12.1. The van der Waals surface area contributed by atoms with Gasteiger partial charge in [0.25, 0.3) is 5.91 Å². The molecule has 2 aromatic rings. The number of thiazole rings is 1. The van der Waals surface area contributed by atoms with Crippen LogP contribution in [0.2, 0.25) is 5.02 Å². The standard InChI is InChI=1S/C19H22ClN3OS/c1-12-17(25-18(22-12)13-2-4-16(20)5-3-13)19(24)23-8-6-14-10-21-11-15(14)7-9-23/h2-5,14-15,21H,6-11H2,1H3/t14-,15+. The van der Waals surface area contributed by atoms with Crippen molar-refractivity contribution in [3.05, 3.63) is 39.9 Å². The van der Waals surface area contributed by atoms with Gasteiger partial charge in [-0.3, -0.25) is 4.79 Å². The molecule has 1 amide bonds. The Morgan fingerprint density at radius 2 is 1.84 bits per heavy atom. The minimum atomic E-state index is 0.142. The van der Waals surface area contributed by atoms with Crippen LogP contribution < -0.4 is 5.32 Å². The number of nitrogens with one attached hydrogen (secondary N) is 1. The number of nitrogens with zero attached hydrogens (tertiary/aromatic N) is 2. The first kappa shape index (κ1) is 17.0. The number of hydrogen-bond acceptors (Lipinski definition) is 4. The fourth-order valence-corrected chi connectivity index (χ4v) is 5.04. The highest BCUT2D eigenvalue weighted by Gasteiger charge is 2.32. The van der Waals surface area contributed by atoms with Gasteiger partial charge in [0.1, 0.15) is 9.88 Å². The summed E-state index contributed by atoms with van der Waals surface area (Å²) in [5, 5.41) is 5.07. The monoisotopic (exact) mass is 375 g/mol. The third-order valence-electron chi connectivity index (χ3n) is 5.39. The molecule has 2 saturated heterocycles. The Balaban J connectivity index is 1.53. The zero-order valence-electron chi connectivity index (χ0n) is 14.3. The summed E-state index contributed by atoms with van der Waals surface area (Å²) in [5.74, 6) is 1.60. The first-order valence-electron chi connectivity index (χ1n) is 8.85. The van der Waals surface area contributed by atoms with Crippen molar-refractivity contribution in [1.29, 1.82) is 0 Å². The van der Waals surface area contributed by atoms with E-state index in [1.807, 2.05) is 36.1 Å². The third kappa shape index (κ3) is 3.46. The summed E-state index contributed by atoms with van der Waals surface area (Å²) in [6, 6.07) is 7.62. The second-order valence-electron chi connectivity index (χ2n) is 6.99. The molecule has 0 radical (unpaired) electrons. The molecule has 2 aliphatic rings. The topological polar surface area (TPSA) is 45.2 Å². The number of aromatic nitrogens is 1. The normalized spacial score (nSPS) is 23.4. The zero-order chi connectivity index (χ0) is 17.4. The van der Waals surface area contributed by atoms with Crippen molar-refractivity contribution in [1.82, 2.24) is 15.2 Å². The van der Waals surface area contributed by atoms with Gasteiger partial charge in [0.15, 0.2) is 0 Å². The van der Waals surface area contributed by atoms with E-state index in [1.165, 1.54) is 11.3 Å². The molecule has 0 spiro atoms. The Labute approximate surface area is 157 Å². The Hall–Kier alpha value is -1.43. The predicted molar refractivity (Wildman–Crippen MR) is 102 cm³/mol. The Morgan fingerprint density at radius 1 is 1.20 bits per heavy atom. The number of carbonyl (C=O) groups excluding carboxylic acids is 1. The Bertz CT molecular complexity index is 759. The summed E-state index contributed by atoms with van der Waals surface area (Å²) in [4.78, 5) is 20.5. The highest BCUT2D eigenvalue weighted by molar-refractivity contribution is 7.17. The molecule has 132 valence electrons. The summed E-state index contributed by atoms with van der Waals surface area (Å²) in [7, 11) is 0. The molecule has 2 aliphatic heterocycles. The SMILES string of the molecule is Cc1nc(-c2ccc(Cl)cc2)sc1C(=O)N1CC[C@@H]2CNC[C@@H]2CC1. The average Bonchev–Trinajstić information content (AvgIpc) is 3.16. The number of carbonyl (C=O) groups is 1. The van der Waals surface area contributed by atoms with Crippen molar-refractivity contribution in [2.45, 2.75) is 19.8 Å². The molecule has 0 bridgehead atoms. The predicted octanol–water partition coefficient (Wildman–Crippen LogP) is 3.84. The zero-order valence-corrected chi connectivity index (χ0v) is 15.9. The van der Waals surface area contributed by atoms with E-state index in [0.717, 1.165) is 72.0 Å². The second-order valence-corrected chi connectivity index (χ2v) is 8.42. The number of benzene rings is 1. The van der Waals surface area contributed by atoms with Gasteiger partial charge in [-0.2, -0.15) is 0 Å². The summed E-state index contributed by atoms with van der Waals surface area (Å²) in [5.41, 5.74) is 1.83. The van der Waals surface area contributed by atoms with Crippen LogP contribution in [0.5, 0.6) is 0 Å². The molecule has 2 fully saturated rings. The maximum absolute atomic E-state index is 13.1. The molecule has 1 aromatic heterocycles. The van der Waals surface area contributed by atoms with Gasteiger partial charge in [0.2, 0.25) is 0 Å². The summed E-state index contributed by atoms with van der Waals surface area (Å²) >= 11 is 7.45. The van der Waals surface area contributed by atoms with Gasteiger partial charge in [0.05, 0.1) is 5.69 Å². The molecule has 0 unspecified atom stereocenters. The lowest BCUT2D eigenvalue weighted by Gasteiger charge is -2.20. The van der Waals surface area contributed by atoms with Crippen LogP contribution in [0.3, 0.4) is 0 Å². The molecule has 1 N–H and O–H groups in total. The number of fused-ring (bicyclic) bond motifs is 1. The van der Waals surface area contributed by atoms with E-state index >= 15 is 0 Å². The maximum Gasteiger partial charge on any atom is 0.265 e. The molecule has 1 aromatic carbocycles. The molecule has 4 nitrogen and oxygen atoms in total. The number of halogens is 1. The quantitative estimate of drug-likeness (QED) is 0.867. The van der Waals surface area contributed by atoms with E-state index in [2.05, 4.69) is 10.3 Å². The largest absolute Gasteiger partial charge is 0.338 e. The van der Waals surface area contributed by atoms with E-state index in [4.69, 9.17) is 11.6 Å². The van der Waals surface area contributed by atoms with Crippen LogP contribution in [0.1, 0.15) is 28.2 Å². The highest BCUT2D eigenvalue weighted by atomic mass is 35.5. The van der Waals surface area contributed by atoms with Crippen LogP contribution in [0.25, 0.3) is 10.6 Å². The van der Waals surface area contributed by atoms with Crippen molar-refractivity contribution in [3.63, 3.8) is 0 Å². The lowest BCUT2D eigenvalue weighted by atomic mass is 9.92. The van der Waals surface area contributed by atoms with E-state index in [-0.39, 0.29) is 5.91 Å². The smallest absolute Gasteiger partial charge is 0.265 e. The summed E-state index contributed by atoms with van der Waals surface area (Å²) in [6.45, 7) is 5.85. The van der Waals surface area contributed by atoms with E-state index in [1.54, 1.807) is 0 Å². The molecule has 4 rings (SSSR count). The number of likely N-dealkylation sites (tertiary alicyclic amines) is 1. The third-order valence-corrected chi connectivity index (χ3v) is 6.84. The minimum absolute atomic E-state index is 0.142. The van der Waals surface area contributed by atoms with Crippen molar-refractivity contribution in [2.24, 2.45) is 11.8 Å². The fourth-order valence-electron chi connectivity index (χ4n) is 3.88. The van der Waals surface area contributed by atoms with Gasteiger partial charge >= 0.3 is 0 Å². The van der Waals surface area contributed by atoms with Crippen LogP contribution in [0.4, 0.5) is 0 Å². The second kappa shape index (κ2) is 7.06. The van der Waals surface area contributed by atoms with E-state index in [9.17, 15) is 4.79 Å². The van der Waals surface area contributed by atoms with Crippen molar-refractivity contribution in [3.8, 4) is 10.6 Å². The number of aryl methyl sites for hydroxylation is 1. The molecular formula is C19H22ClN3OS. The average molecular weight is 376 g/mol. The summed E-state index contributed by atoms with van der Waals surface area (Å²) in [6.07, 6.45) is 2.20. The van der Waals surface area contributed by atoms with Gasteiger partial charge in [-0.15, -0.1) is 11.3 Å². The van der Waals surface area contributed by atoms with Crippen molar-refractivity contribution < 1.29 is 4.79 Å². The molecule has 3 heterocycles. The van der Waals surface area contributed by atoms with Crippen LogP contribution in [0.15, 0.2) is 24.3 Å². The minimum Gasteiger partial charge on any atom is -0.338 e. The first-order valence-corrected chi connectivity index (χ1v) is 10.0. The van der Waals surface area contributed by atoms with Gasteiger partial charge in [-0.1, -0.05) is 23.7 Å². The van der Waals surface area contributed by atoms with Gasteiger partial charge < -0.3 is 10.2 Å². The van der Waals surface area contributed by atoms with Gasteiger partial charge in [0, 0.05) is 23.7 Å². The van der Waals surface area contributed by atoms with Crippen LogP contribution in [-0.2, 0) is 0 Å². The number of amides is 1. The van der Waals surface area contributed by atoms with Gasteiger partial charge in [-0.05, 0) is 56.8 Å². The molecule has 25 heavy (non-hydrogen) atoms. The van der Waals surface area contributed by atoms with Crippen LogP contribution >= 0.6 is 22.9 Å². The highest BCUT2D eigenvalue weighted by Crippen LogP contribution is 2.32. The van der Waals surface area contributed by atoms with Crippen LogP contribution in [-0.4, -0.2) is 42.0 Å². The number of rotatable bonds is 2. The lowest BCUT2D eigenvalue weighted by Crippen LogP contribution is -2.32. The van der Waals surface area contributed by atoms with Crippen molar-refractivity contribution >= 4 is 28.8 Å². The lowest BCUT2D eigenvalue weighted by molar-refractivity contribution is 0.0762. The van der Waals surface area contributed by atoms with Gasteiger partial charge in [-0.25, -0.2) is 4.98 Å². The molecule has 2 atom stereocenters. The Kier molecular flexibility index (Phi) is 4.80. The summed E-state index contributed by atoms with van der Waals surface area (Å²) < 4.78 is 0. The molecular weight excluding hydrogens is 354 g/mol. The van der Waals surface area contributed by atoms with E-state index < -0.39 is 0 Å². The van der Waals surface area contributed by atoms with Crippen molar-refractivity contribution in [2.75, 3.05) is 26.2 Å². The number of hydrogen-bond donors (Lipinski definition) is 1. The molecule has 0 aliphatic carbocycles. The maximum atomic E-state index is 13.1. The van der Waals surface area contributed by atoms with Crippen LogP contribution in [0, 0.1) is 18.8 Å².